The highest BCUT2D eigenvalue weighted by molar-refractivity contribution is 5.84. The Morgan fingerprint density at radius 3 is 1.44 bits per heavy atom. The molecule has 1 aliphatic carbocycles. The van der Waals surface area contributed by atoms with E-state index in [0.717, 1.165) is 32.1 Å². The van der Waals surface area contributed by atoms with Crippen LogP contribution in [-0.2, 0) is 29.1 Å². The molecule has 0 spiro atoms. The third kappa shape index (κ3) is 8.49. The second kappa shape index (κ2) is 17.3. The van der Waals surface area contributed by atoms with Gasteiger partial charge < -0.3 is 0 Å². The average molecular weight is 717 g/mol. The molecule has 5 aromatic carbocycles. The van der Waals surface area contributed by atoms with Crippen LogP contribution in [0.15, 0.2) is 109 Å². The number of fused-ring (bicyclic) bond motifs is 3. The molecular formula is C54H68. The highest BCUT2D eigenvalue weighted by atomic mass is 14.5. The maximum atomic E-state index is 2.60. The van der Waals surface area contributed by atoms with Crippen molar-refractivity contribution < 1.29 is 0 Å². The standard InChI is InChI=1S/C54H68/c1-9-12-13-14-15-16-21-41-24-28-43(29-25-41)44-30-26-42(27-31-44)22-17-18-36-54(47-23-19-20-40(4)37-47)50-38-45(52(5,6)10-2)32-34-48(50)49-35-33-46(39-51(49)54)53(7,8)11-3/h19-20,23-35,37-39H,9-18,21-22,36H2,1-8H3. The van der Waals surface area contributed by atoms with Gasteiger partial charge in [0.25, 0.3) is 0 Å². The average Bonchev–Trinajstić information content (AvgIpc) is 3.47. The fourth-order valence-corrected chi connectivity index (χ4v) is 8.85. The van der Waals surface area contributed by atoms with E-state index >= 15 is 0 Å². The normalized spacial score (nSPS) is 13.6. The van der Waals surface area contributed by atoms with E-state index in [9.17, 15) is 0 Å². The van der Waals surface area contributed by atoms with E-state index < -0.39 is 0 Å². The predicted octanol–water partition coefficient (Wildman–Crippen LogP) is 15.7. The van der Waals surface area contributed by atoms with Crippen molar-refractivity contribution in [3.8, 4) is 22.3 Å². The molecule has 0 atom stereocenters. The van der Waals surface area contributed by atoms with Crippen molar-refractivity contribution in [3.63, 3.8) is 0 Å². The predicted molar refractivity (Wildman–Crippen MR) is 236 cm³/mol. The van der Waals surface area contributed by atoms with Gasteiger partial charge in [-0.3, -0.25) is 0 Å². The Hall–Kier alpha value is -3.90. The lowest BCUT2D eigenvalue weighted by Crippen LogP contribution is -2.29. The first-order valence-corrected chi connectivity index (χ1v) is 21.6. The molecule has 284 valence electrons. The van der Waals surface area contributed by atoms with Gasteiger partial charge in [-0.25, -0.2) is 0 Å². The van der Waals surface area contributed by atoms with E-state index in [-0.39, 0.29) is 16.2 Å². The second-order valence-corrected chi connectivity index (χ2v) is 17.9. The van der Waals surface area contributed by atoms with Crippen LogP contribution < -0.4 is 0 Å². The summed E-state index contributed by atoms with van der Waals surface area (Å²) in [5, 5.41) is 0. The molecule has 1 aliphatic rings. The quantitative estimate of drug-likeness (QED) is 0.0792. The van der Waals surface area contributed by atoms with Crippen molar-refractivity contribution in [1.82, 2.24) is 0 Å². The molecule has 0 aromatic heterocycles. The molecule has 0 bridgehead atoms. The molecule has 0 N–H and O–H groups in total. The lowest BCUT2D eigenvalue weighted by atomic mass is 9.67. The summed E-state index contributed by atoms with van der Waals surface area (Å²) in [5.41, 5.74) is 17.2. The summed E-state index contributed by atoms with van der Waals surface area (Å²) in [4.78, 5) is 0. The van der Waals surface area contributed by atoms with Crippen molar-refractivity contribution in [1.29, 1.82) is 0 Å². The van der Waals surface area contributed by atoms with Crippen LogP contribution in [0.3, 0.4) is 0 Å². The van der Waals surface area contributed by atoms with Crippen molar-refractivity contribution in [2.45, 2.75) is 155 Å². The highest BCUT2D eigenvalue weighted by Gasteiger charge is 2.45. The van der Waals surface area contributed by atoms with Crippen LogP contribution in [0, 0.1) is 6.92 Å². The summed E-state index contributed by atoms with van der Waals surface area (Å²) in [5.74, 6) is 0. The SMILES string of the molecule is CCCCCCCCc1ccc(-c2ccc(CCCCC3(c4cccc(C)c4)c4cc(C(C)(C)CC)ccc4-c4ccc(C(C)(C)CC)cc43)cc2)cc1. The molecule has 5 aromatic rings. The van der Waals surface area contributed by atoms with Gasteiger partial charge >= 0.3 is 0 Å². The molecule has 0 fully saturated rings. The first-order chi connectivity index (χ1) is 26.0. The zero-order valence-electron chi connectivity index (χ0n) is 35.1. The van der Waals surface area contributed by atoms with Crippen LogP contribution in [0.25, 0.3) is 22.3 Å². The summed E-state index contributed by atoms with van der Waals surface area (Å²) < 4.78 is 0. The molecule has 0 amide bonds. The second-order valence-electron chi connectivity index (χ2n) is 17.9. The number of benzene rings is 5. The minimum absolute atomic E-state index is 0.124. The molecule has 0 unspecified atom stereocenters. The molecule has 6 rings (SSSR count). The number of rotatable bonds is 18. The molecule has 0 nitrogen and oxygen atoms in total. The number of hydrogen-bond acceptors (Lipinski definition) is 0. The topological polar surface area (TPSA) is 0 Å². The van der Waals surface area contributed by atoms with Crippen LogP contribution in [-0.4, -0.2) is 0 Å². The monoisotopic (exact) mass is 717 g/mol. The van der Waals surface area contributed by atoms with Crippen LogP contribution in [0.4, 0.5) is 0 Å². The summed E-state index contributed by atoms with van der Waals surface area (Å²) in [6.07, 6.45) is 16.1. The van der Waals surface area contributed by atoms with E-state index in [1.165, 1.54) is 118 Å². The zero-order chi connectivity index (χ0) is 38.3. The van der Waals surface area contributed by atoms with Crippen LogP contribution >= 0.6 is 0 Å². The van der Waals surface area contributed by atoms with Crippen molar-refractivity contribution in [2.75, 3.05) is 0 Å². The Kier molecular flexibility index (Phi) is 12.7. The Bertz CT molecular complexity index is 1900. The van der Waals surface area contributed by atoms with Crippen molar-refractivity contribution >= 4 is 0 Å². The minimum Gasteiger partial charge on any atom is -0.0654 e. The van der Waals surface area contributed by atoms with Crippen LogP contribution in [0.2, 0.25) is 0 Å². The first kappa shape index (κ1) is 39.8. The van der Waals surface area contributed by atoms with E-state index in [2.05, 4.69) is 165 Å². The molecule has 0 heterocycles. The van der Waals surface area contributed by atoms with Gasteiger partial charge in [-0.1, -0.05) is 202 Å². The molecule has 0 saturated carbocycles. The van der Waals surface area contributed by atoms with E-state index in [0.29, 0.717) is 0 Å². The number of hydrogen-bond donors (Lipinski definition) is 0. The number of aryl methyl sites for hydroxylation is 3. The van der Waals surface area contributed by atoms with E-state index in [1.807, 2.05) is 0 Å². The van der Waals surface area contributed by atoms with E-state index in [1.54, 1.807) is 0 Å². The summed E-state index contributed by atoms with van der Waals surface area (Å²) in [6.45, 7) is 18.8. The highest BCUT2D eigenvalue weighted by Crippen LogP contribution is 2.56. The number of unbranched alkanes of at least 4 members (excludes halogenated alkanes) is 6. The summed E-state index contributed by atoms with van der Waals surface area (Å²) in [6, 6.07) is 43.1. The lowest BCUT2D eigenvalue weighted by Gasteiger charge is -2.36. The van der Waals surface area contributed by atoms with Crippen molar-refractivity contribution in [2.24, 2.45) is 0 Å². The fourth-order valence-electron chi connectivity index (χ4n) is 8.85. The van der Waals surface area contributed by atoms with Gasteiger partial charge in [-0.2, -0.15) is 0 Å². The molecule has 0 radical (unpaired) electrons. The summed E-state index contributed by atoms with van der Waals surface area (Å²) >= 11 is 0. The smallest absolute Gasteiger partial charge is 0.0463 e. The van der Waals surface area contributed by atoms with Gasteiger partial charge in [-0.15, -0.1) is 0 Å². The summed E-state index contributed by atoms with van der Waals surface area (Å²) in [7, 11) is 0. The van der Waals surface area contributed by atoms with Crippen LogP contribution in [0.1, 0.15) is 164 Å². The van der Waals surface area contributed by atoms with Gasteiger partial charge in [0.1, 0.15) is 0 Å². The Labute approximate surface area is 329 Å². The minimum atomic E-state index is -0.179. The Morgan fingerprint density at radius 1 is 0.481 bits per heavy atom. The zero-order valence-corrected chi connectivity index (χ0v) is 35.1. The molecule has 54 heavy (non-hydrogen) atoms. The van der Waals surface area contributed by atoms with Gasteiger partial charge in [0.05, 0.1) is 0 Å². The maximum absolute atomic E-state index is 2.60. The molecular weight excluding hydrogens is 649 g/mol. The first-order valence-electron chi connectivity index (χ1n) is 21.6. The van der Waals surface area contributed by atoms with Gasteiger partial charge in [-0.05, 0) is 124 Å². The molecule has 0 aliphatic heterocycles. The third-order valence-corrected chi connectivity index (χ3v) is 13.4. The van der Waals surface area contributed by atoms with Crippen molar-refractivity contribution in [3.05, 3.63) is 154 Å². The lowest BCUT2D eigenvalue weighted by molar-refractivity contribution is 0.494. The Balaban J connectivity index is 1.24. The fraction of sp³-hybridized carbons (Fsp3) is 0.444. The molecule has 0 heteroatoms. The third-order valence-electron chi connectivity index (χ3n) is 13.4. The largest absolute Gasteiger partial charge is 0.0654 e. The van der Waals surface area contributed by atoms with Crippen LogP contribution in [0.5, 0.6) is 0 Å². The van der Waals surface area contributed by atoms with Gasteiger partial charge in [0.15, 0.2) is 0 Å². The maximum Gasteiger partial charge on any atom is 0.0463 e. The van der Waals surface area contributed by atoms with Gasteiger partial charge in [0, 0.05) is 5.41 Å². The van der Waals surface area contributed by atoms with Gasteiger partial charge in [0.2, 0.25) is 0 Å². The van der Waals surface area contributed by atoms with E-state index in [4.69, 9.17) is 0 Å². The Morgan fingerprint density at radius 2 is 0.963 bits per heavy atom. The molecule has 0 saturated heterocycles.